The molecule has 0 aliphatic carbocycles. The minimum Gasteiger partial charge on any atom is -0.377 e. The molecule has 0 fully saturated rings. The van der Waals surface area contributed by atoms with Gasteiger partial charge in [-0.3, -0.25) is 4.79 Å². The highest BCUT2D eigenvalue weighted by Gasteiger charge is 2.08. The van der Waals surface area contributed by atoms with Crippen LogP contribution in [0.2, 0.25) is 0 Å². The molecule has 0 radical (unpaired) electrons. The second-order valence-corrected chi connectivity index (χ2v) is 4.91. The van der Waals surface area contributed by atoms with Crippen molar-refractivity contribution in [3.8, 4) is 0 Å². The molecule has 1 atom stereocenters. The van der Waals surface area contributed by atoms with E-state index in [0.717, 1.165) is 10.0 Å². The zero-order valence-electron chi connectivity index (χ0n) is 10.4. The number of carbonyl (C=O) groups excluding carboxylic acids is 1. The van der Waals surface area contributed by atoms with Crippen molar-refractivity contribution in [1.29, 1.82) is 0 Å². The summed E-state index contributed by atoms with van der Waals surface area (Å²) in [5, 5.41) is 2.85. The van der Waals surface area contributed by atoms with Gasteiger partial charge in [0.2, 0.25) is 0 Å². The van der Waals surface area contributed by atoms with Crippen LogP contribution in [-0.2, 0) is 4.74 Å². The smallest absolute Gasteiger partial charge is 0.251 e. The number of ether oxygens (including phenoxy) is 1. The number of halogens is 1. The standard InChI is InChI=1S/C13H18BrNO2/c1-4-17-10(3)8-15-13(16)11-5-9(2)6-12(14)7-11/h5-7,10H,4,8H2,1-3H3,(H,15,16). The molecule has 0 heterocycles. The molecule has 0 saturated heterocycles. The van der Waals surface area contributed by atoms with Gasteiger partial charge in [-0.1, -0.05) is 15.9 Å². The highest BCUT2D eigenvalue weighted by Crippen LogP contribution is 2.15. The average molecular weight is 300 g/mol. The molecule has 17 heavy (non-hydrogen) atoms. The quantitative estimate of drug-likeness (QED) is 0.908. The fourth-order valence-corrected chi connectivity index (χ4v) is 2.16. The predicted octanol–water partition coefficient (Wildman–Crippen LogP) is 2.91. The number of benzene rings is 1. The summed E-state index contributed by atoms with van der Waals surface area (Å²) >= 11 is 3.38. The van der Waals surface area contributed by atoms with E-state index >= 15 is 0 Å². The maximum Gasteiger partial charge on any atom is 0.251 e. The molecule has 0 bridgehead atoms. The highest BCUT2D eigenvalue weighted by atomic mass is 79.9. The molecule has 1 aromatic carbocycles. The Hall–Kier alpha value is -0.870. The van der Waals surface area contributed by atoms with E-state index in [4.69, 9.17) is 4.74 Å². The summed E-state index contributed by atoms with van der Waals surface area (Å²) in [6.45, 7) is 7.03. The number of hydrogen-bond acceptors (Lipinski definition) is 2. The van der Waals surface area contributed by atoms with Gasteiger partial charge in [-0.15, -0.1) is 0 Å². The molecule has 0 aliphatic heterocycles. The maximum absolute atomic E-state index is 11.9. The molecule has 4 heteroatoms. The van der Waals surface area contributed by atoms with Gasteiger partial charge >= 0.3 is 0 Å². The van der Waals surface area contributed by atoms with Crippen LogP contribution in [0.1, 0.15) is 29.8 Å². The molecule has 1 rings (SSSR count). The van der Waals surface area contributed by atoms with E-state index in [1.54, 1.807) is 0 Å². The normalized spacial score (nSPS) is 12.2. The third-order valence-corrected chi connectivity index (χ3v) is 2.76. The third-order valence-electron chi connectivity index (χ3n) is 2.31. The Kier molecular flexibility index (Phi) is 5.65. The van der Waals surface area contributed by atoms with Gasteiger partial charge in [0, 0.05) is 23.2 Å². The lowest BCUT2D eigenvalue weighted by Crippen LogP contribution is -2.32. The first-order valence-electron chi connectivity index (χ1n) is 5.70. The summed E-state index contributed by atoms with van der Waals surface area (Å²) in [5.41, 5.74) is 1.72. The van der Waals surface area contributed by atoms with Crippen LogP contribution in [0, 0.1) is 6.92 Å². The van der Waals surface area contributed by atoms with Gasteiger partial charge in [0.25, 0.3) is 5.91 Å². The number of rotatable bonds is 5. The number of hydrogen-bond donors (Lipinski definition) is 1. The minimum atomic E-state index is -0.0686. The van der Waals surface area contributed by atoms with E-state index in [2.05, 4.69) is 21.2 Å². The van der Waals surface area contributed by atoms with Crippen molar-refractivity contribution < 1.29 is 9.53 Å². The molecular formula is C13H18BrNO2. The fraction of sp³-hybridized carbons (Fsp3) is 0.462. The molecule has 0 spiro atoms. The molecule has 1 unspecified atom stereocenters. The SMILES string of the molecule is CCOC(C)CNC(=O)c1cc(C)cc(Br)c1. The molecule has 1 N–H and O–H groups in total. The van der Waals surface area contributed by atoms with Crippen LogP contribution in [0.3, 0.4) is 0 Å². The molecule has 1 amide bonds. The van der Waals surface area contributed by atoms with E-state index in [-0.39, 0.29) is 12.0 Å². The van der Waals surface area contributed by atoms with Gasteiger partial charge in [0.15, 0.2) is 0 Å². The van der Waals surface area contributed by atoms with Crippen molar-refractivity contribution >= 4 is 21.8 Å². The van der Waals surface area contributed by atoms with Crippen LogP contribution < -0.4 is 5.32 Å². The summed E-state index contributed by atoms with van der Waals surface area (Å²) in [4.78, 5) is 11.9. The highest BCUT2D eigenvalue weighted by molar-refractivity contribution is 9.10. The summed E-state index contributed by atoms with van der Waals surface area (Å²) < 4.78 is 6.27. The number of carbonyl (C=O) groups is 1. The largest absolute Gasteiger partial charge is 0.377 e. The van der Waals surface area contributed by atoms with Crippen molar-refractivity contribution in [1.82, 2.24) is 5.32 Å². The molecule has 1 aromatic rings. The van der Waals surface area contributed by atoms with E-state index in [1.165, 1.54) is 0 Å². The maximum atomic E-state index is 11.9. The van der Waals surface area contributed by atoms with E-state index in [9.17, 15) is 4.79 Å². The zero-order valence-corrected chi connectivity index (χ0v) is 12.0. The second kappa shape index (κ2) is 6.77. The number of aryl methyl sites for hydroxylation is 1. The van der Waals surface area contributed by atoms with Gasteiger partial charge in [-0.2, -0.15) is 0 Å². The summed E-state index contributed by atoms with van der Waals surface area (Å²) in [5.74, 6) is -0.0686. The first-order valence-corrected chi connectivity index (χ1v) is 6.49. The van der Waals surface area contributed by atoms with Gasteiger partial charge in [-0.25, -0.2) is 0 Å². The van der Waals surface area contributed by atoms with Crippen LogP contribution in [0.4, 0.5) is 0 Å². The van der Waals surface area contributed by atoms with E-state index in [0.29, 0.717) is 18.7 Å². The Balaban J connectivity index is 2.58. The van der Waals surface area contributed by atoms with E-state index < -0.39 is 0 Å². The topological polar surface area (TPSA) is 38.3 Å². The van der Waals surface area contributed by atoms with Gasteiger partial charge in [-0.05, 0) is 44.5 Å². The number of nitrogens with one attached hydrogen (secondary N) is 1. The number of amides is 1. The van der Waals surface area contributed by atoms with Crippen LogP contribution in [0.25, 0.3) is 0 Å². The summed E-state index contributed by atoms with van der Waals surface area (Å²) in [6.07, 6.45) is 0.0391. The summed E-state index contributed by atoms with van der Waals surface area (Å²) in [6, 6.07) is 5.65. The van der Waals surface area contributed by atoms with E-state index in [1.807, 2.05) is 39.0 Å². The van der Waals surface area contributed by atoms with Crippen LogP contribution in [0.15, 0.2) is 22.7 Å². The Labute approximate surface area is 111 Å². The Morgan fingerprint density at radius 2 is 2.18 bits per heavy atom. The molecule has 3 nitrogen and oxygen atoms in total. The molecule has 0 saturated carbocycles. The first kappa shape index (κ1) is 14.2. The van der Waals surface area contributed by atoms with Gasteiger partial charge in [0.1, 0.15) is 0 Å². The first-order chi connectivity index (χ1) is 8.02. The molecule has 94 valence electrons. The Morgan fingerprint density at radius 1 is 1.47 bits per heavy atom. The van der Waals surface area contributed by atoms with Crippen molar-refractivity contribution in [2.45, 2.75) is 26.9 Å². The van der Waals surface area contributed by atoms with Crippen LogP contribution in [0.5, 0.6) is 0 Å². The molecular weight excluding hydrogens is 282 g/mol. The minimum absolute atomic E-state index is 0.0391. The van der Waals surface area contributed by atoms with Crippen LogP contribution in [-0.4, -0.2) is 25.2 Å². The molecule has 0 aliphatic rings. The fourth-order valence-electron chi connectivity index (χ4n) is 1.55. The summed E-state index contributed by atoms with van der Waals surface area (Å²) in [7, 11) is 0. The van der Waals surface area contributed by atoms with Crippen molar-refractivity contribution in [3.05, 3.63) is 33.8 Å². The lowest BCUT2D eigenvalue weighted by atomic mass is 10.1. The third kappa shape index (κ3) is 4.88. The predicted molar refractivity (Wildman–Crippen MR) is 72.3 cm³/mol. The lowest BCUT2D eigenvalue weighted by Gasteiger charge is -2.12. The zero-order chi connectivity index (χ0) is 12.8. The van der Waals surface area contributed by atoms with Crippen molar-refractivity contribution in [2.24, 2.45) is 0 Å². The lowest BCUT2D eigenvalue weighted by molar-refractivity contribution is 0.0695. The van der Waals surface area contributed by atoms with Crippen molar-refractivity contribution in [3.63, 3.8) is 0 Å². The average Bonchev–Trinajstić information content (AvgIpc) is 2.25. The second-order valence-electron chi connectivity index (χ2n) is 3.99. The monoisotopic (exact) mass is 299 g/mol. The van der Waals surface area contributed by atoms with Crippen molar-refractivity contribution in [2.75, 3.05) is 13.2 Å². The van der Waals surface area contributed by atoms with Crippen LogP contribution >= 0.6 is 15.9 Å². The van der Waals surface area contributed by atoms with Gasteiger partial charge in [0.05, 0.1) is 6.10 Å². The van der Waals surface area contributed by atoms with Gasteiger partial charge < -0.3 is 10.1 Å². The Morgan fingerprint density at radius 3 is 2.76 bits per heavy atom. The molecule has 0 aromatic heterocycles. The Bertz CT molecular complexity index is 373.